The molecule has 1 aromatic heterocycles. The van der Waals surface area contributed by atoms with Crippen molar-refractivity contribution < 1.29 is 9.32 Å². The SMILES string of the molecule is CC(C)[C@H](CO)Nc1nc(Nc2ccc(N=S(C)(C)=O)cc2)ncc1I. The highest BCUT2D eigenvalue weighted by molar-refractivity contribution is 14.1. The molecule has 0 saturated heterocycles. The van der Waals surface area contributed by atoms with Gasteiger partial charge in [0.05, 0.1) is 21.9 Å². The van der Waals surface area contributed by atoms with Crippen molar-refractivity contribution in [1.29, 1.82) is 0 Å². The molecule has 0 bridgehead atoms. The molecule has 1 aromatic carbocycles. The number of hydrogen-bond acceptors (Lipinski definition) is 7. The van der Waals surface area contributed by atoms with Gasteiger partial charge in [0, 0.05) is 34.1 Å². The molecule has 2 rings (SSSR count). The van der Waals surface area contributed by atoms with Crippen LogP contribution in [0.2, 0.25) is 0 Å². The van der Waals surface area contributed by atoms with E-state index in [0.29, 0.717) is 17.5 Å². The summed E-state index contributed by atoms with van der Waals surface area (Å²) in [6.07, 6.45) is 4.92. The van der Waals surface area contributed by atoms with Crippen LogP contribution in [0.5, 0.6) is 0 Å². The second-order valence-electron chi connectivity index (χ2n) is 6.51. The third-order valence-corrected chi connectivity index (χ3v) is 4.96. The summed E-state index contributed by atoms with van der Waals surface area (Å²) in [5.74, 6) is 1.40. The number of aliphatic hydroxyl groups excluding tert-OH is 1. The van der Waals surface area contributed by atoms with Crippen LogP contribution in [0.3, 0.4) is 0 Å². The lowest BCUT2D eigenvalue weighted by Crippen LogP contribution is -2.30. The van der Waals surface area contributed by atoms with Crippen molar-refractivity contribution in [2.24, 2.45) is 10.3 Å². The fourth-order valence-electron chi connectivity index (χ4n) is 2.12. The lowest BCUT2D eigenvalue weighted by molar-refractivity contribution is 0.249. The molecule has 0 aliphatic carbocycles. The Hall–Kier alpha value is -1.46. The van der Waals surface area contributed by atoms with Gasteiger partial charge in [-0.2, -0.15) is 9.35 Å². The van der Waals surface area contributed by atoms with Crippen LogP contribution < -0.4 is 10.6 Å². The first-order valence-electron chi connectivity index (χ1n) is 8.12. The van der Waals surface area contributed by atoms with E-state index < -0.39 is 9.73 Å². The van der Waals surface area contributed by atoms with Crippen LogP contribution in [0.25, 0.3) is 0 Å². The zero-order valence-corrected chi connectivity index (χ0v) is 18.2. The average Bonchev–Trinajstić information content (AvgIpc) is 2.55. The average molecular weight is 489 g/mol. The second kappa shape index (κ2) is 8.96. The highest BCUT2D eigenvalue weighted by atomic mass is 127. The molecule has 0 aliphatic heterocycles. The summed E-state index contributed by atoms with van der Waals surface area (Å²) in [4.78, 5) is 8.79. The predicted octanol–water partition coefficient (Wildman–Crippen LogP) is 3.61. The van der Waals surface area contributed by atoms with Gasteiger partial charge in [-0.15, -0.1) is 0 Å². The number of benzene rings is 1. The summed E-state index contributed by atoms with van der Waals surface area (Å²) in [7, 11) is -2.18. The Morgan fingerprint density at radius 3 is 2.46 bits per heavy atom. The van der Waals surface area contributed by atoms with Crippen LogP contribution in [0.1, 0.15) is 13.8 Å². The summed E-state index contributed by atoms with van der Waals surface area (Å²) in [5.41, 5.74) is 1.47. The minimum absolute atomic E-state index is 0.0313. The fraction of sp³-hybridized carbons (Fsp3) is 0.412. The monoisotopic (exact) mass is 489 g/mol. The fourth-order valence-corrected chi connectivity index (χ4v) is 3.16. The summed E-state index contributed by atoms with van der Waals surface area (Å²) in [6.45, 7) is 4.11. The number of anilines is 3. The maximum atomic E-state index is 11.7. The topological polar surface area (TPSA) is 99.5 Å². The molecule has 0 aliphatic rings. The molecule has 142 valence electrons. The van der Waals surface area contributed by atoms with Gasteiger partial charge in [-0.05, 0) is 52.8 Å². The van der Waals surface area contributed by atoms with E-state index in [4.69, 9.17) is 0 Å². The second-order valence-corrected chi connectivity index (χ2v) is 10.2. The van der Waals surface area contributed by atoms with Crippen molar-refractivity contribution in [3.63, 3.8) is 0 Å². The molecule has 9 heteroatoms. The predicted molar refractivity (Wildman–Crippen MR) is 116 cm³/mol. The number of aromatic nitrogens is 2. The number of nitrogens with one attached hydrogen (secondary N) is 2. The molecule has 0 unspecified atom stereocenters. The van der Waals surface area contributed by atoms with E-state index in [1.807, 2.05) is 26.0 Å². The summed E-state index contributed by atoms with van der Waals surface area (Å²) in [6, 6.07) is 7.18. The van der Waals surface area contributed by atoms with Crippen molar-refractivity contribution >= 4 is 55.5 Å². The summed E-state index contributed by atoms with van der Waals surface area (Å²) in [5, 5.41) is 15.9. The Morgan fingerprint density at radius 1 is 1.27 bits per heavy atom. The van der Waals surface area contributed by atoms with Crippen LogP contribution in [0.4, 0.5) is 23.1 Å². The van der Waals surface area contributed by atoms with E-state index in [0.717, 1.165) is 9.26 Å². The standard InChI is InChI=1S/C17H24IN5O2S/c1-11(2)15(10-24)21-16-14(18)9-19-17(22-16)20-12-5-7-13(8-6-12)23-26(3,4)25/h5-9,11,15,24H,10H2,1-4H3,(H2,19,20,21,22)/t15-/m0/s1. The number of hydrogen-bond donors (Lipinski definition) is 3. The molecule has 26 heavy (non-hydrogen) atoms. The first-order valence-corrected chi connectivity index (χ1v) is 11.5. The van der Waals surface area contributed by atoms with Gasteiger partial charge < -0.3 is 15.7 Å². The Bertz CT molecular complexity index is 856. The minimum atomic E-state index is -2.18. The van der Waals surface area contributed by atoms with Crippen LogP contribution in [0.15, 0.2) is 34.8 Å². The maximum Gasteiger partial charge on any atom is 0.229 e. The van der Waals surface area contributed by atoms with Crippen molar-refractivity contribution in [3.05, 3.63) is 34.0 Å². The summed E-state index contributed by atoms with van der Waals surface area (Å²) < 4.78 is 16.8. The number of nitrogens with zero attached hydrogens (tertiary/aromatic N) is 3. The van der Waals surface area contributed by atoms with E-state index in [2.05, 4.69) is 47.6 Å². The van der Waals surface area contributed by atoms with E-state index in [1.165, 1.54) is 0 Å². The smallest absolute Gasteiger partial charge is 0.229 e. The molecule has 0 amide bonds. The lowest BCUT2D eigenvalue weighted by Gasteiger charge is -2.21. The molecule has 3 N–H and O–H groups in total. The number of rotatable bonds is 7. The first kappa shape index (κ1) is 20.8. The Morgan fingerprint density at radius 2 is 1.92 bits per heavy atom. The zero-order chi connectivity index (χ0) is 19.3. The number of halogens is 1. The van der Waals surface area contributed by atoms with E-state index in [9.17, 15) is 9.32 Å². The first-order chi connectivity index (χ1) is 12.2. The van der Waals surface area contributed by atoms with Gasteiger partial charge in [0.15, 0.2) is 0 Å². The van der Waals surface area contributed by atoms with E-state index >= 15 is 0 Å². The molecule has 7 nitrogen and oxygen atoms in total. The molecular formula is C17H24IN5O2S. The lowest BCUT2D eigenvalue weighted by atomic mass is 10.1. The van der Waals surface area contributed by atoms with Gasteiger partial charge in [-0.1, -0.05) is 13.8 Å². The van der Waals surface area contributed by atoms with Crippen LogP contribution in [0, 0.1) is 9.49 Å². The Kier molecular flexibility index (Phi) is 7.18. The van der Waals surface area contributed by atoms with Crippen molar-refractivity contribution in [2.45, 2.75) is 19.9 Å². The molecule has 0 radical (unpaired) electrons. The Balaban J connectivity index is 2.17. The van der Waals surface area contributed by atoms with Gasteiger partial charge >= 0.3 is 0 Å². The largest absolute Gasteiger partial charge is 0.394 e. The van der Waals surface area contributed by atoms with Gasteiger partial charge in [-0.25, -0.2) is 9.19 Å². The van der Waals surface area contributed by atoms with Crippen LogP contribution in [-0.4, -0.2) is 44.4 Å². The zero-order valence-electron chi connectivity index (χ0n) is 15.2. The molecule has 0 spiro atoms. The van der Waals surface area contributed by atoms with Gasteiger partial charge in [-0.3, -0.25) is 0 Å². The third-order valence-electron chi connectivity index (χ3n) is 3.52. The highest BCUT2D eigenvalue weighted by Gasteiger charge is 2.15. The molecule has 0 saturated carbocycles. The molecule has 2 aromatic rings. The quantitative estimate of drug-likeness (QED) is 0.514. The summed E-state index contributed by atoms with van der Waals surface area (Å²) >= 11 is 2.16. The normalized spacial score (nSPS) is 12.7. The van der Waals surface area contributed by atoms with Gasteiger partial charge in [0.25, 0.3) is 0 Å². The van der Waals surface area contributed by atoms with E-state index in [-0.39, 0.29) is 18.6 Å². The van der Waals surface area contributed by atoms with Gasteiger partial charge in [0.1, 0.15) is 5.82 Å². The number of aliphatic hydroxyl groups is 1. The molecule has 1 heterocycles. The maximum absolute atomic E-state index is 11.7. The molecular weight excluding hydrogens is 465 g/mol. The Labute approximate surface area is 168 Å². The minimum Gasteiger partial charge on any atom is -0.394 e. The van der Waals surface area contributed by atoms with Crippen molar-refractivity contribution in [3.8, 4) is 0 Å². The van der Waals surface area contributed by atoms with Gasteiger partial charge in [0.2, 0.25) is 5.95 Å². The third kappa shape index (κ3) is 6.36. The molecule has 1 atom stereocenters. The van der Waals surface area contributed by atoms with Crippen molar-refractivity contribution in [1.82, 2.24) is 9.97 Å². The van der Waals surface area contributed by atoms with E-state index in [1.54, 1.807) is 30.8 Å². The molecule has 0 fully saturated rings. The van der Waals surface area contributed by atoms with Crippen molar-refractivity contribution in [2.75, 3.05) is 29.8 Å². The van der Waals surface area contributed by atoms with Crippen LogP contribution in [-0.2, 0) is 9.73 Å². The van der Waals surface area contributed by atoms with Crippen LogP contribution >= 0.6 is 22.6 Å². The highest BCUT2D eigenvalue weighted by Crippen LogP contribution is 2.23.